The monoisotopic (exact) mass is 287 g/mol. The van der Waals surface area contributed by atoms with Gasteiger partial charge < -0.3 is 19.5 Å². The van der Waals surface area contributed by atoms with E-state index in [9.17, 15) is 4.79 Å². The van der Waals surface area contributed by atoms with Gasteiger partial charge in [0.05, 0.1) is 12.6 Å². The van der Waals surface area contributed by atoms with E-state index in [-0.39, 0.29) is 5.56 Å². The molecule has 2 heterocycles. The summed E-state index contributed by atoms with van der Waals surface area (Å²) in [5, 5.41) is 1.01. The maximum absolute atomic E-state index is 12.4. The van der Waals surface area contributed by atoms with Crippen molar-refractivity contribution in [1.29, 1.82) is 0 Å². The summed E-state index contributed by atoms with van der Waals surface area (Å²) >= 11 is 0. The number of fused-ring (bicyclic) bond motifs is 1. The molecule has 1 N–H and O–H groups in total. The number of pyridine rings is 1. The molecule has 3 rings (SSSR count). The van der Waals surface area contributed by atoms with Crippen LogP contribution in [0.25, 0.3) is 10.9 Å². The van der Waals surface area contributed by atoms with Crippen molar-refractivity contribution in [2.45, 2.75) is 6.92 Å². The first-order chi connectivity index (χ1) is 10.1. The Morgan fingerprint density at radius 3 is 2.52 bits per heavy atom. The standard InChI is InChI=1S/C16H21N3O2/c1-11-8-13(21-3)9-12-10-14(16(20)17-15(11)12)19-6-4-18(2)5-7-19/h8-10H,4-7H2,1-3H3,(H,17,20). The number of benzene rings is 1. The fourth-order valence-electron chi connectivity index (χ4n) is 2.86. The van der Waals surface area contributed by atoms with Crippen LogP contribution >= 0.6 is 0 Å². The number of aromatic amines is 1. The molecule has 112 valence electrons. The van der Waals surface area contributed by atoms with Crippen molar-refractivity contribution in [3.63, 3.8) is 0 Å². The second kappa shape index (κ2) is 5.41. The number of aromatic nitrogens is 1. The number of piperazine rings is 1. The van der Waals surface area contributed by atoms with Crippen molar-refractivity contribution in [3.05, 3.63) is 34.1 Å². The van der Waals surface area contributed by atoms with Crippen molar-refractivity contribution in [1.82, 2.24) is 9.88 Å². The molecule has 1 aliphatic rings. The van der Waals surface area contributed by atoms with E-state index in [1.165, 1.54) is 0 Å². The van der Waals surface area contributed by atoms with E-state index in [0.717, 1.165) is 54.1 Å². The lowest BCUT2D eigenvalue weighted by Crippen LogP contribution is -2.46. The topological polar surface area (TPSA) is 48.6 Å². The highest BCUT2D eigenvalue weighted by atomic mass is 16.5. The van der Waals surface area contributed by atoms with Crippen LogP contribution in [0.15, 0.2) is 23.0 Å². The van der Waals surface area contributed by atoms with Gasteiger partial charge in [0.1, 0.15) is 11.4 Å². The number of hydrogen-bond donors (Lipinski definition) is 1. The molecule has 0 radical (unpaired) electrons. The minimum absolute atomic E-state index is 0.0136. The lowest BCUT2D eigenvalue weighted by molar-refractivity contribution is 0.312. The molecule has 0 amide bonds. The molecule has 0 unspecified atom stereocenters. The quantitative estimate of drug-likeness (QED) is 0.911. The fourth-order valence-corrected chi connectivity index (χ4v) is 2.86. The van der Waals surface area contributed by atoms with Crippen molar-refractivity contribution < 1.29 is 4.74 Å². The summed E-state index contributed by atoms with van der Waals surface area (Å²) in [5.74, 6) is 0.816. The normalized spacial score (nSPS) is 16.4. The molecule has 1 aliphatic heterocycles. The van der Waals surface area contributed by atoms with Crippen LogP contribution in [0.3, 0.4) is 0 Å². The Morgan fingerprint density at radius 2 is 1.86 bits per heavy atom. The molecule has 5 nitrogen and oxygen atoms in total. The van der Waals surface area contributed by atoms with Crippen LogP contribution in [0.5, 0.6) is 5.75 Å². The van der Waals surface area contributed by atoms with Crippen molar-refractivity contribution in [2.75, 3.05) is 45.2 Å². The number of ether oxygens (including phenoxy) is 1. The Morgan fingerprint density at radius 1 is 1.14 bits per heavy atom. The number of likely N-dealkylation sites (N-methyl/N-ethyl adjacent to an activating group) is 1. The van der Waals surface area contributed by atoms with Crippen LogP contribution in [0, 0.1) is 6.92 Å². The molecule has 0 spiro atoms. The molecule has 21 heavy (non-hydrogen) atoms. The molecular formula is C16H21N3O2. The molecule has 1 saturated heterocycles. The first kappa shape index (κ1) is 13.9. The maximum atomic E-state index is 12.4. The van der Waals surface area contributed by atoms with Crippen LogP contribution in [0.1, 0.15) is 5.56 Å². The Kier molecular flexibility index (Phi) is 3.59. The van der Waals surface area contributed by atoms with Gasteiger partial charge in [-0.3, -0.25) is 4.79 Å². The number of H-pyrrole nitrogens is 1. The highest BCUT2D eigenvalue weighted by Crippen LogP contribution is 2.25. The fraction of sp³-hybridized carbons (Fsp3) is 0.438. The SMILES string of the molecule is COc1cc(C)c2[nH]c(=O)c(N3CCN(C)CC3)cc2c1. The van der Waals surface area contributed by atoms with E-state index >= 15 is 0 Å². The maximum Gasteiger partial charge on any atom is 0.271 e. The van der Waals surface area contributed by atoms with Crippen molar-refractivity contribution in [3.8, 4) is 5.75 Å². The molecule has 0 atom stereocenters. The smallest absolute Gasteiger partial charge is 0.271 e. The summed E-state index contributed by atoms with van der Waals surface area (Å²) in [5.41, 5.74) is 2.65. The van der Waals surface area contributed by atoms with Crippen LogP contribution in [0.2, 0.25) is 0 Å². The Bertz CT molecular complexity index is 715. The second-order valence-corrected chi connectivity index (χ2v) is 5.68. The number of hydrogen-bond acceptors (Lipinski definition) is 4. The van der Waals surface area contributed by atoms with E-state index in [0.29, 0.717) is 0 Å². The van der Waals surface area contributed by atoms with Gasteiger partial charge in [-0.05, 0) is 37.7 Å². The van der Waals surface area contributed by atoms with Gasteiger partial charge in [0, 0.05) is 31.6 Å². The summed E-state index contributed by atoms with van der Waals surface area (Å²) in [4.78, 5) is 19.8. The molecule has 1 aromatic carbocycles. The number of rotatable bonds is 2. The van der Waals surface area contributed by atoms with Gasteiger partial charge in [0.2, 0.25) is 0 Å². The van der Waals surface area contributed by atoms with Crippen LogP contribution in [-0.2, 0) is 0 Å². The molecule has 2 aromatic rings. The minimum Gasteiger partial charge on any atom is -0.497 e. The molecule has 0 saturated carbocycles. The predicted octanol–water partition coefficient (Wildman–Crippen LogP) is 1.60. The molecular weight excluding hydrogens is 266 g/mol. The predicted molar refractivity (Wildman–Crippen MR) is 85.6 cm³/mol. The highest BCUT2D eigenvalue weighted by molar-refractivity contribution is 5.86. The van der Waals surface area contributed by atoms with Gasteiger partial charge >= 0.3 is 0 Å². The lowest BCUT2D eigenvalue weighted by atomic mass is 10.1. The zero-order valence-electron chi connectivity index (χ0n) is 12.8. The van der Waals surface area contributed by atoms with Crippen LogP contribution < -0.4 is 15.2 Å². The third-order valence-electron chi connectivity index (χ3n) is 4.18. The Balaban J connectivity index is 2.07. The summed E-state index contributed by atoms with van der Waals surface area (Å²) < 4.78 is 5.32. The van der Waals surface area contributed by atoms with E-state index < -0.39 is 0 Å². The summed E-state index contributed by atoms with van der Waals surface area (Å²) in [6, 6.07) is 5.89. The molecule has 1 aromatic heterocycles. The van der Waals surface area contributed by atoms with E-state index in [1.807, 2.05) is 25.1 Å². The zero-order valence-corrected chi connectivity index (χ0v) is 12.8. The van der Waals surface area contributed by atoms with Gasteiger partial charge in [-0.25, -0.2) is 0 Å². The van der Waals surface area contributed by atoms with Crippen LogP contribution in [-0.4, -0.2) is 50.2 Å². The largest absolute Gasteiger partial charge is 0.497 e. The van der Waals surface area contributed by atoms with Gasteiger partial charge in [-0.1, -0.05) is 0 Å². The average Bonchev–Trinajstić information content (AvgIpc) is 2.48. The molecule has 0 aliphatic carbocycles. The second-order valence-electron chi connectivity index (χ2n) is 5.68. The number of nitrogens with one attached hydrogen (secondary N) is 1. The van der Waals surface area contributed by atoms with Gasteiger partial charge in [-0.2, -0.15) is 0 Å². The van der Waals surface area contributed by atoms with Gasteiger partial charge in [-0.15, -0.1) is 0 Å². The summed E-state index contributed by atoms with van der Waals surface area (Å²) in [6.45, 7) is 5.71. The number of methoxy groups -OCH3 is 1. The first-order valence-electron chi connectivity index (χ1n) is 7.23. The van der Waals surface area contributed by atoms with Gasteiger partial charge in [0.15, 0.2) is 0 Å². The van der Waals surface area contributed by atoms with E-state index in [2.05, 4.69) is 21.8 Å². The average molecular weight is 287 g/mol. The van der Waals surface area contributed by atoms with Crippen molar-refractivity contribution >= 4 is 16.6 Å². The molecule has 5 heteroatoms. The van der Waals surface area contributed by atoms with E-state index in [1.54, 1.807) is 7.11 Å². The molecule has 0 bridgehead atoms. The van der Waals surface area contributed by atoms with E-state index in [4.69, 9.17) is 4.74 Å². The van der Waals surface area contributed by atoms with Gasteiger partial charge in [0.25, 0.3) is 5.56 Å². The Labute approximate surface area is 124 Å². The molecule has 1 fully saturated rings. The first-order valence-corrected chi connectivity index (χ1v) is 7.23. The highest BCUT2D eigenvalue weighted by Gasteiger charge is 2.17. The summed E-state index contributed by atoms with van der Waals surface area (Å²) in [7, 11) is 3.77. The third kappa shape index (κ3) is 2.61. The number of nitrogens with zero attached hydrogens (tertiary/aromatic N) is 2. The summed E-state index contributed by atoms with van der Waals surface area (Å²) in [6.07, 6.45) is 0. The van der Waals surface area contributed by atoms with Crippen LogP contribution in [0.4, 0.5) is 5.69 Å². The Hall–Kier alpha value is -2.01. The number of anilines is 1. The number of aryl methyl sites for hydroxylation is 1. The van der Waals surface area contributed by atoms with Crippen molar-refractivity contribution in [2.24, 2.45) is 0 Å². The lowest BCUT2D eigenvalue weighted by Gasteiger charge is -2.33. The minimum atomic E-state index is -0.0136. The third-order valence-corrected chi connectivity index (χ3v) is 4.18. The zero-order chi connectivity index (χ0) is 15.0.